The van der Waals surface area contributed by atoms with Gasteiger partial charge in [0.25, 0.3) is 5.91 Å². The van der Waals surface area contributed by atoms with E-state index in [2.05, 4.69) is 5.32 Å². The molecule has 1 fully saturated rings. The van der Waals surface area contributed by atoms with Crippen molar-refractivity contribution in [1.29, 1.82) is 0 Å². The maximum Gasteiger partial charge on any atom is 0.322 e. The van der Waals surface area contributed by atoms with Crippen molar-refractivity contribution < 1.29 is 38.6 Å². The molecular weight excluding hydrogens is 502 g/mol. The summed E-state index contributed by atoms with van der Waals surface area (Å²) in [6, 6.07) is -1.19. The normalized spacial score (nSPS) is 34.4. The molecule has 0 spiro atoms. The first kappa shape index (κ1) is 31.9. The number of ketones is 2. The Morgan fingerprint density at radius 3 is 2.46 bits per heavy atom. The monoisotopic (exact) mass is 543 g/mol. The number of fused-ring (bicyclic) bond motifs is 10. The first-order chi connectivity index (χ1) is 18.3. The number of carbonyl (C=O) groups excluding carboxylic acids is 5. The van der Waals surface area contributed by atoms with Crippen LogP contribution in [0.4, 0.5) is 0 Å². The van der Waals surface area contributed by atoms with Gasteiger partial charge in [-0.2, -0.15) is 0 Å². The number of hydrogen-bond acceptors (Lipinski definition) is 8. The minimum atomic E-state index is -1.81. The lowest BCUT2D eigenvalue weighted by Gasteiger charge is -2.42. The van der Waals surface area contributed by atoms with Crippen molar-refractivity contribution >= 4 is 29.4 Å². The van der Waals surface area contributed by atoms with Crippen LogP contribution in [0.2, 0.25) is 0 Å². The lowest BCUT2D eigenvalue weighted by Crippen LogP contribution is -2.61. The third kappa shape index (κ3) is 8.58. The van der Waals surface area contributed by atoms with E-state index in [4.69, 9.17) is 9.47 Å². The highest BCUT2D eigenvalue weighted by Gasteiger charge is 2.56. The van der Waals surface area contributed by atoms with Crippen LogP contribution < -0.4 is 5.32 Å². The molecule has 0 aromatic heterocycles. The number of hydrogen-bond donors (Lipinski definition) is 2. The van der Waals surface area contributed by atoms with E-state index in [0.717, 1.165) is 18.9 Å². The van der Waals surface area contributed by atoms with Crippen molar-refractivity contribution in [2.24, 2.45) is 11.3 Å². The van der Waals surface area contributed by atoms with Gasteiger partial charge in [-0.15, -0.1) is 0 Å². The topological polar surface area (TPSA) is 136 Å². The molecule has 2 aliphatic heterocycles. The summed E-state index contributed by atoms with van der Waals surface area (Å²) >= 11 is 0. The largest absolute Gasteiger partial charge is 0.461 e. The number of amides is 1. The van der Waals surface area contributed by atoms with Crippen LogP contribution in [0.25, 0.3) is 0 Å². The summed E-state index contributed by atoms with van der Waals surface area (Å²) in [7, 11) is 0. The first-order valence-electron chi connectivity index (χ1n) is 13.5. The zero-order valence-electron chi connectivity index (χ0n) is 23.7. The standard InChI is InChI=1S/C30H41NO8/c1-7-8-9-26(34)38-23-14-11-18(2)10-13-22(33)17-24-20(4)27(35)30(6,29(37)39-24)25(16-19(3)12-15-23)31-28(36)21(5)32/h10-13,15-16,20,22-25,33H,7-9,14,17H2,1-6H3,(H,31,36)/b13-10-,15-12-,18-11-,19-16-/t20-,22-,23+,24-,25-,30+/m1/s1. The molecular formula is C30H41NO8. The maximum absolute atomic E-state index is 13.6. The fourth-order valence-electron chi connectivity index (χ4n) is 4.47. The lowest BCUT2D eigenvalue weighted by atomic mass is 9.69. The van der Waals surface area contributed by atoms with Gasteiger partial charge in [-0.05, 0) is 33.3 Å². The molecule has 6 atom stereocenters. The van der Waals surface area contributed by atoms with Crippen LogP contribution in [0.5, 0.6) is 0 Å². The molecule has 1 aliphatic carbocycles. The summed E-state index contributed by atoms with van der Waals surface area (Å²) in [5, 5.41) is 13.1. The highest BCUT2D eigenvalue weighted by Crippen LogP contribution is 2.38. The molecule has 2 N–H and O–H groups in total. The SMILES string of the molecule is CCCCC(=O)O[C@@H]1/C=C\C(C)=C/[C@@H](NC(=O)C(C)=O)[C@]2(C)C(=O)O[C@H](C[C@H](O)/C=C\C(C)=C/C1)[C@@H](C)C2=O. The van der Waals surface area contributed by atoms with E-state index >= 15 is 0 Å². The fourth-order valence-corrected chi connectivity index (χ4v) is 4.47. The Labute approximate surface area is 230 Å². The minimum absolute atomic E-state index is 0.0110. The van der Waals surface area contributed by atoms with E-state index < -0.39 is 59.1 Å². The number of aliphatic hydroxyl groups is 1. The Bertz CT molecular complexity index is 1080. The summed E-state index contributed by atoms with van der Waals surface area (Å²) in [6.45, 7) is 9.64. The average molecular weight is 544 g/mol. The molecule has 214 valence electrons. The number of esters is 2. The zero-order valence-corrected chi connectivity index (χ0v) is 23.7. The molecule has 0 aromatic carbocycles. The summed E-state index contributed by atoms with van der Waals surface area (Å²) in [4.78, 5) is 63.4. The van der Waals surface area contributed by atoms with Gasteiger partial charge in [0, 0.05) is 26.2 Å². The predicted octanol–water partition coefficient (Wildman–Crippen LogP) is 3.46. The Kier molecular flexibility index (Phi) is 11.6. The van der Waals surface area contributed by atoms with Gasteiger partial charge < -0.3 is 19.9 Å². The van der Waals surface area contributed by atoms with Crippen LogP contribution in [0.1, 0.15) is 73.6 Å². The maximum atomic E-state index is 13.6. The van der Waals surface area contributed by atoms with E-state index in [-0.39, 0.29) is 12.4 Å². The van der Waals surface area contributed by atoms with Gasteiger partial charge in [0.1, 0.15) is 17.6 Å². The van der Waals surface area contributed by atoms with Crippen molar-refractivity contribution in [2.75, 3.05) is 0 Å². The summed E-state index contributed by atoms with van der Waals surface area (Å²) in [6.07, 6.45) is 9.89. The Morgan fingerprint density at radius 1 is 1.15 bits per heavy atom. The number of rotatable bonds is 6. The molecule has 39 heavy (non-hydrogen) atoms. The number of ether oxygens (including phenoxy) is 2. The van der Waals surface area contributed by atoms with Crippen LogP contribution in [0.15, 0.2) is 47.6 Å². The molecule has 3 aliphatic rings. The van der Waals surface area contributed by atoms with Crippen molar-refractivity contribution in [3.05, 3.63) is 47.6 Å². The molecule has 9 heteroatoms. The molecule has 9 nitrogen and oxygen atoms in total. The molecule has 0 radical (unpaired) electrons. The lowest BCUT2D eigenvalue weighted by molar-refractivity contribution is -0.181. The van der Waals surface area contributed by atoms with Gasteiger partial charge >= 0.3 is 11.9 Å². The molecule has 0 unspecified atom stereocenters. The van der Waals surface area contributed by atoms with Crippen LogP contribution in [0.3, 0.4) is 0 Å². The van der Waals surface area contributed by atoms with Gasteiger partial charge in [-0.25, -0.2) is 0 Å². The molecule has 1 saturated heterocycles. The minimum Gasteiger partial charge on any atom is -0.461 e. The van der Waals surface area contributed by atoms with Crippen molar-refractivity contribution in [3.63, 3.8) is 0 Å². The van der Waals surface area contributed by atoms with E-state index in [0.29, 0.717) is 24.8 Å². The number of carbonyl (C=O) groups is 5. The van der Waals surface area contributed by atoms with Gasteiger partial charge in [0.15, 0.2) is 5.78 Å². The first-order valence-corrected chi connectivity index (χ1v) is 13.5. The fraction of sp³-hybridized carbons (Fsp3) is 0.567. The Balaban J connectivity index is 2.57. The number of aliphatic hydroxyl groups excluding tert-OH is 1. The van der Waals surface area contributed by atoms with Crippen LogP contribution in [-0.2, 0) is 33.4 Å². The Morgan fingerprint density at radius 2 is 1.82 bits per heavy atom. The third-order valence-electron chi connectivity index (χ3n) is 7.14. The van der Waals surface area contributed by atoms with Crippen LogP contribution in [-0.4, -0.2) is 58.9 Å². The van der Waals surface area contributed by atoms with Crippen LogP contribution in [0, 0.1) is 11.3 Å². The molecule has 2 heterocycles. The second-order valence-corrected chi connectivity index (χ2v) is 10.6. The van der Waals surface area contributed by atoms with Gasteiger partial charge in [0.2, 0.25) is 5.78 Å². The van der Waals surface area contributed by atoms with E-state index in [1.807, 2.05) is 19.9 Å². The third-order valence-corrected chi connectivity index (χ3v) is 7.14. The zero-order chi connectivity index (χ0) is 29.3. The number of allylic oxidation sites excluding steroid dienone is 4. The molecule has 2 bridgehead atoms. The van der Waals surface area contributed by atoms with E-state index in [1.54, 1.807) is 38.2 Å². The van der Waals surface area contributed by atoms with Crippen molar-refractivity contribution in [3.8, 4) is 0 Å². The van der Waals surface area contributed by atoms with Crippen LogP contribution >= 0.6 is 0 Å². The van der Waals surface area contributed by atoms with Crippen molar-refractivity contribution in [2.45, 2.75) is 98.0 Å². The number of nitrogens with one attached hydrogen (secondary N) is 1. The number of unbranched alkanes of at least 4 members (excludes halogenated alkanes) is 1. The second-order valence-electron chi connectivity index (χ2n) is 10.6. The van der Waals surface area contributed by atoms with E-state index in [9.17, 15) is 29.1 Å². The smallest absolute Gasteiger partial charge is 0.322 e. The number of Topliss-reactive ketones (excluding diaryl/α,β-unsaturated/α-hetero) is 2. The quantitative estimate of drug-likeness (QED) is 0.295. The molecule has 0 aromatic rings. The van der Waals surface area contributed by atoms with Gasteiger partial charge in [0.05, 0.1) is 18.1 Å². The molecule has 3 rings (SSSR count). The molecule has 1 amide bonds. The summed E-state index contributed by atoms with van der Waals surface area (Å²) in [5.41, 5.74) is -0.414. The predicted molar refractivity (Wildman–Crippen MR) is 145 cm³/mol. The highest BCUT2D eigenvalue weighted by molar-refractivity contribution is 6.35. The Hall–Kier alpha value is -3.33. The van der Waals surface area contributed by atoms with Gasteiger partial charge in [-0.1, -0.05) is 61.8 Å². The van der Waals surface area contributed by atoms with E-state index in [1.165, 1.54) is 13.0 Å². The summed E-state index contributed by atoms with van der Waals surface area (Å²) in [5.74, 6) is -4.13. The second kappa shape index (κ2) is 14.2. The molecule has 0 saturated carbocycles. The highest BCUT2D eigenvalue weighted by atomic mass is 16.6. The van der Waals surface area contributed by atoms with Gasteiger partial charge in [-0.3, -0.25) is 24.0 Å². The van der Waals surface area contributed by atoms with Crippen molar-refractivity contribution in [1.82, 2.24) is 5.32 Å². The summed E-state index contributed by atoms with van der Waals surface area (Å²) < 4.78 is 11.3. The average Bonchev–Trinajstić information content (AvgIpc) is 2.88.